The number of carboxylic acid groups (broad SMARTS) is 1. The Labute approximate surface area is 156 Å². The average Bonchev–Trinajstić information content (AvgIpc) is 2.76. The van der Waals surface area contributed by atoms with Crippen LogP contribution in [0.4, 0.5) is 4.39 Å². The van der Waals surface area contributed by atoms with Gasteiger partial charge in [0, 0.05) is 5.92 Å². The number of aliphatic carboxylic acids is 1. The van der Waals surface area contributed by atoms with Crippen LogP contribution in [0.3, 0.4) is 0 Å². The van der Waals surface area contributed by atoms with Gasteiger partial charge in [0.25, 0.3) is 0 Å². The number of nitrogens with zero attached hydrogens (tertiary/aromatic N) is 1. The van der Waals surface area contributed by atoms with E-state index in [9.17, 15) is 24.2 Å². The molecule has 1 amide bonds. The van der Waals surface area contributed by atoms with Gasteiger partial charge in [-0.25, -0.2) is 4.39 Å². The Balaban J connectivity index is 0.00000192. The van der Waals surface area contributed by atoms with E-state index < -0.39 is 30.8 Å². The fraction of sp³-hybridized carbons (Fsp3) is 0.733. The minimum Gasteiger partial charge on any atom is -0.543 e. The number of ether oxygens (including phenoxy) is 1. The van der Waals surface area contributed by atoms with Crippen molar-refractivity contribution < 1.29 is 58.5 Å². The van der Waals surface area contributed by atoms with Crippen molar-refractivity contribution in [1.82, 2.24) is 4.90 Å². The van der Waals surface area contributed by atoms with Gasteiger partial charge >= 0.3 is 29.6 Å². The van der Waals surface area contributed by atoms with Gasteiger partial charge in [0.1, 0.15) is 6.67 Å². The molecule has 5 atom stereocenters. The molecule has 23 heavy (non-hydrogen) atoms. The van der Waals surface area contributed by atoms with Gasteiger partial charge in [0.15, 0.2) is 0 Å². The summed E-state index contributed by atoms with van der Waals surface area (Å²) in [5, 5.41) is 21.3. The van der Waals surface area contributed by atoms with Gasteiger partial charge in [-0.2, -0.15) is 0 Å². The maximum absolute atomic E-state index is 12.4. The second-order valence-corrected chi connectivity index (χ2v) is 6.14. The summed E-state index contributed by atoms with van der Waals surface area (Å²) >= 11 is 0. The standard InChI is InChI=1S/C15H20FNO5.Na/c1-7(18)10-12-8-3-2-4-9(22-6-5-16)11(8)13(15(20)21)17(12)14(10)19;/h7-10,12,18H,2-6H2,1H3,(H,20,21);/q;+1/p-1/t7?,8-,9?,10-,12?;/m0./s1. The van der Waals surface area contributed by atoms with Crippen molar-refractivity contribution >= 4 is 11.9 Å². The molecule has 8 heteroatoms. The quantitative estimate of drug-likeness (QED) is 0.414. The molecular formula is C15H19FNNaO5. The summed E-state index contributed by atoms with van der Waals surface area (Å²) in [4.78, 5) is 25.0. The number of β-lactam (4-membered cyclic amide) rings is 1. The number of carboxylic acids is 1. The number of carbonyl (C=O) groups excluding carboxylic acids is 2. The Bertz CT molecular complexity index is 538. The first-order valence-electron chi connectivity index (χ1n) is 7.63. The van der Waals surface area contributed by atoms with Gasteiger partial charge in [0.2, 0.25) is 5.91 Å². The third kappa shape index (κ3) is 2.87. The van der Waals surface area contributed by atoms with Crippen LogP contribution in [0, 0.1) is 11.8 Å². The second kappa shape index (κ2) is 7.19. The van der Waals surface area contributed by atoms with Gasteiger partial charge in [-0.3, -0.25) is 4.79 Å². The van der Waals surface area contributed by atoms with Gasteiger partial charge in [0.05, 0.1) is 42.4 Å². The van der Waals surface area contributed by atoms with Crippen LogP contribution in [-0.2, 0) is 14.3 Å². The predicted molar refractivity (Wildman–Crippen MR) is 70.9 cm³/mol. The summed E-state index contributed by atoms with van der Waals surface area (Å²) < 4.78 is 17.8. The number of halogens is 1. The molecule has 0 aromatic rings. The van der Waals surface area contributed by atoms with Crippen LogP contribution in [0.15, 0.2) is 11.3 Å². The van der Waals surface area contributed by atoms with Crippen molar-refractivity contribution in [2.24, 2.45) is 11.8 Å². The van der Waals surface area contributed by atoms with Crippen LogP contribution in [0.25, 0.3) is 0 Å². The van der Waals surface area contributed by atoms with E-state index in [0.29, 0.717) is 12.0 Å². The SMILES string of the molecule is CC(O)[C@@H]1C(=O)N2C(C(=O)[O-])=C3C(OCCF)CCC[C@@H]3C12.[Na+]. The van der Waals surface area contributed by atoms with Crippen LogP contribution in [-0.4, -0.2) is 53.4 Å². The monoisotopic (exact) mass is 335 g/mol. The third-order valence-electron chi connectivity index (χ3n) is 4.95. The number of rotatable bonds is 5. The van der Waals surface area contributed by atoms with E-state index in [1.54, 1.807) is 0 Å². The van der Waals surface area contributed by atoms with Crippen LogP contribution < -0.4 is 34.7 Å². The third-order valence-corrected chi connectivity index (χ3v) is 4.95. The smallest absolute Gasteiger partial charge is 0.543 e. The zero-order chi connectivity index (χ0) is 16.0. The number of aliphatic hydroxyl groups is 1. The zero-order valence-corrected chi connectivity index (χ0v) is 15.3. The molecule has 1 aliphatic carbocycles. The molecule has 0 radical (unpaired) electrons. The largest absolute Gasteiger partial charge is 1.00 e. The average molecular weight is 335 g/mol. The first-order chi connectivity index (χ1) is 10.5. The van der Waals surface area contributed by atoms with Crippen molar-refractivity contribution in [2.45, 2.75) is 44.4 Å². The zero-order valence-electron chi connectivity index (χ0n) is 13.3. The number of carbonyl (C=O) groups is 2. The molecule has 3 unspecified atom stereocenters. The first kappa shape index (κ1) is 18.9. The molecule has 0 bridgehead atoms. The Hall–Kier alpha value is -0.470. The summed E-state index contributed by atoms with van der Waals surface area (Å²) in [7, 11) is 0. The molecule has 1 N–H and O–H groups in total. The van der Waals surface area contributed by atoms with Gasteiger partial charge in [-0.05, 0) is 31.8 Å². The van der Waals surface area contributed by atoms with E-state index >= 15 is 0 Å². The molecule has 2 fully saturated rings. The molecule has 0 aromatic heterocycles. The van der Waals surface area contributed by atoms with E-state index in [4.69, 9.17) is 4.74 Å². The molecule has 3 aliphatic rings. The van der Waals surface area contributed by atoms with Crippen molar-refractivity contribution in [3.8, 4) is 0 Å². The molecular weight excluding hydrogens is 316 g/mol. The number of hydrogen-bond acceptors (Lipinski definition) is 5. The van der Waals surface area contributed by atoms with E-state index in [-0.39, 0.29) is 59.7 Å². The summed E-state index contributed by atoms with van der Waals surface area (Å²) in [5.41, 5.74) is 0.418. The normalized spacial score (nSPS) is 33.5. The molecule has 122 valence electrons. The molecule has 3 rings (SSSR count). The number of alkyl halides is 1. The fourth-order valence-electron chi connectivity index (χ4n) is 4.18. The molecule has 1 saturated heterocycles. The van der Waals surface area contributed by atoms with E-state index in [1.807, 2.05) is 0 Å². The first-order valence-corrected chi connectivity index (χ1v) is 7.63. The van der Waals surface area contributed by atoms with E-state index in [0.717, 1.165) is 12.8 Å². The van der Waals surface area contributed by atoms with Crippen LogP contribution in [0.5, 0.6) is 0 Å². The van der Waals surface area contributed by atoms with Crippen molar-refractivity contribution in [3.05, 3.63) is 11.3 Å². The minimum absolute atomic E-state index is 0. The summed E-state index contributed by atoms with van der Waals surface area (Å²) in [6.45, 7) is 0.799. The van der Waals surface area contributed by atoms with E-state index in [1.165, 1.54) is 11.8 Å². The summed E-state index contributed by atoms with van der Waals surface area (Å²) in [6.07, 6.45) is 0.839. The maximum Gasteiger partial charge on any atom is 1.00 e. The summed E-state index contributed by atoms with van der Waals surface area (Å²) in [5.74, 6) is -2.53. The molecule has 0 spiro atoms. The Morgan fingerprint density at radius 1 is 1.52 bits per heavy atom. The molecule has 6 nitrogen and oxygen atoms in total. The van der Waals surface area contributed by atoms with Gasteiger partial charge < -0.3 is 24.6 Å². The van der Waals surface area contributed by atoms with Crippen LogP contribution in [0.2, 0.25) is 0 Å². The number of fused-ring (bicyclic) bond motifs is 3. The van der Waals surface area contributed by atoms with Crippen molar-refractivity contribution in [2.75, 3.05) is 13.3 Å². The van der Waals surface area contributed by atoms with Gasteiger partial charge in [-0.15, -0.1) is 0 Å². The van der Waals surface area contributed by atoms with Crippen molar-refractivity contribution in [3.63, 3.8) is 0 Å². The maximum atomic E-state index is 12.4. The van der Waals surface area contributed by atoms with E-state index in [2.05, 4.69) is 0 Å². The Kier molecular flexibility index (Phi) is 5.90. The number of amides is 1. The second-order valence-electron chi connectivity index (χ2n) is 6.14. The molecule has 2 aliphatic heterocycles. The Morgan fingerprint density at radius 3 is 2.78 bits per heavy atom. The topological polar surface area (TPSA) is 89.9 Å². The Morgan fingerprint density at radius 2 is 2.22 bits per heavy atom. The number of aliphatic hydroxyl groups excluding tert-OH is 1. The number of hydrogen-bond donors (Lipinski definition) is 1. The van der Waals surface area contributed by atoms with Crippen molar-refractivity contribution in [1.29, 1.82) is 0 Å². The molecule has 1 saturated carbocycles. The van der Waals surface area contributed by atoms with Crippen LogP contribution in [0.1, 0.15) is 26.2 Å². The van der Waals surface area contributed by atoms with Gasteiger partial charge in [-0.1, -0.05) is 0 Å². The molecule has 2 heterocycles. The fourth-order valence-corrected chi connectivity index (χ4v) is 4.18. The predicted octanol–water partition coefficient (Wildman–Crippen LogP) is -3.63. The molecule has 0 aromatic carbocycles. The minimum atomic E-state index is -1.41. The summed E-state index contributed by atoms with van der Waals surface area (Å²) in [6, 6.07) is -0.341. The van der Waals surface area contributed by atoms with Crippen LogP contribution >= 0.6 is 0 Å².